The summed E-state index contributed by atoms with van der Waals surface area (Å²) in [6.45, 7) is 1.74. The van der Waals surface area contributed by atoms with Gasteiger partial charge in [-0.1, -0.05) is 24.3 Å². The molecule has 0 saturated heterocycles. The number of anilines is 1. The number of carbonyl (C=O) groups is 3. The second-order valence-corrected chi connectivity index (χ2v) is 6.48. The Labute approximate surface area is 171 Å². The summed E-state index contributed by atoms with van der Waals surface area (Å²) >= 11 is 0. The number of nitrogens with two attached hydrogens (primary N) is 1. The fourth-order valence-electron chi connectivity index (χ4n) is 2.87. The second-order valence-electron chi connectivity index (χ2n) is 6.48. The number of halogens is 1. The van der Waals surface area contributed by atoms with Crippen LogP contribution in [0.25, 0.3) is 5.69 Å². The van der Waals surface area contributed by atoms with Gasteiger partial charge in [0.25, 0.3) is 11.8 Å². The van der Waals surface area contributed by atoms with Gasteiger partial charge < -0.3 is 16.4 Å². The number of hydrogen-bond acceptors (Lipinski definition) is 4. The van der Waals surface area contributed by atoms with Crippen LogP contribution in [0.4, 0.5) is 10.1 Å². The third kappa shape index (κ3) is 4.52. The van der Waals surface area contributed by atoms with Crippen molar-refractivity contribution in [3.8, 4) is 5.69 Å². The SMILES string of the molecule is Cc1c(C(=O)Nc2ccccc2C(=O)NCCC(N)=O)cnn1-c1ccccc1F. The third-order valence-electron chi connectivity index (χ3n) is 4.41. The zero-order chi connectivity index (χ0) is 21.7. The van der Waals surface area contributed by atoms with Gasteiger partial charge in [-0.3, -0.25) is 14.4 Å². The number of aromatic nitrogens is 2. The largest absolute Gasteiger partial charge is 0.370 e. The summed E-state index contributed by atoms with van der Waals surface area (Å²) in [6, 6.07) is 12.6. The first-order valence-corrected chi connectivity index (χ1v) is 9.15. The quantitative estimate of drug-likeness (QED) is 0.554. The molecule has 0 aliphatic carbocycles. The Morgan fingerprint density at radius 2 is 1.73 bits per heavy atom. The summed E-state index contributed by atoms with van der Waals surface area (Å²) in [5.41, 5.74) is 6.50. The van der Waals surface area contributed by atoms with Gasteiger partial charge in [0, 0.05) is 13.0 Å². The van der Waals surface area contributed by atoms with E-state index < -0.39 is 23.5 Å². The van der Waals surface area contributed by atoms with Crippen molar-refractivity contribution in [2.45, 2.75) is 13.3 Å². The van der Waals surface area contributed by atoms with Gasteiger partial charge in [0.2, 0.25) is 5.91 Å². The van der Waals surface area contributed by atoms with Crippen LogP contribution in [0.2, 0.25) is 0 Å². The molecule has 0 aliphatic heterocycles. The fourth-order valence-corrected chi connectivity index (χ4v) is 2.87. The minimum absolute atomic E-state index is 0.00862. The van der Waals surface area contributed by atoms with Crippen molar-refractivity contribution in [3.05, 3.63) is 77.4 Å². The average Bonchev–Trinajstić information content (AvgIpc) is 3.09. The van der Waals surface area contributed by atoms with Crippen molar-refractivity contribution in [1.29, 1.82) is 0 Å². The van der Waals surface area contributed by atoms with E-state index in [1.54, 1.807) is 49.4 Å². The van der Waals surface area contributed by atoms with E-state index in [0.29, 0.717) is 5.69 Å². The van der Waals surface area contributed by atoms with Gasteiger partial charge in [0.05, 0.1) is 28.7 Å². The average molecular weight is 409 g/mol. The van der Waals surface area contributed by atoms with E-state index in [-0.39, 0.29) is 35.5 Å². The van der Waals surface area contributed by atoms with E-state index in [0.717, 1.165) is 0 Å². The maximum Gasteiger partial charge on any atom is 0.259 e. The van der Waals surface area contributed by atoms with Gasteiger partial charge in [-0.15, -0.1) is 0 Å². The van der Waals surface area contributed by atoms with Crippen LogP contribution in [0.1, 0.15) is 32.8 Å². The second kappa shape index (κ2) is 8.99. The molecule has 4 N–H and O–H groups in total. The van der Waals surface area contributed by atoms with E-state index in [2.05, 4.69) is 15.7 Å². The number of hydrogen-bond donors (Lipinski definition) is 3. The standard InChI is InChI=1S/C21H20FN5O3/c1-13-15(12-25-27(13)18-9-5-3-7-16(18)22)21(30)26-17-8-4-2-6-14(17)20(29)24-11-10-19(23)28/h2-9,12H,10-11H2,1H3,(H2,23,28)(H,24,29)(H,26,30). The molecule has 3 amide bonds. The zero-order valence-electron chi connectivity index (χ0n) is 16.2. The van der Waals surface area contributed by atoms with Gasteiger partial charge in [-0.2, -0.15) is 5.10 Å². The fraction of sp³-hybridized carbons (Fsp3) is 0.143. The lowest BCUT2D eigenvalue weighted by atomic mass is 10.1. The summed E-state index contributed by atoms with van der Waals surface area (Å²) in [5, 5.41) is 9.38. The highest BCUT2D eigenvalue weighted by molar-refractivity contribution is 6.09. The van der Waals surface area contributed by atoms with Crippen LogP contribution in [0.3, 0.4) is 0 Å². The highest BCUT2D eigenvalue weighted by Gasteiger charge is 2.19. The van der Waals surface area contributed by atoms with E-state index >= 15 is 0 Å². The highest BCUT2D eigenvalue weighted by atomic mass is 19.1. The molecule has 0 saturated carbocycles. The molecule has 3 rings (SSSR count). The van der Waals surface area contributed by atoms with Crippen molar-refractivity contribution < 1.29 is 18.8 Å². The predicted molar refractivity (Wildman–Crippen MR) is 109 cm³/mol. The normalized spacial score (nSPS) is 10.5. The molecule has 1 heterocycles. The number of nitrogens with one attached hydrogen (secondary N) is 2. The molecular formula is C21H20FN5O3. The number of nitrogens with zero attached hydrogens (tertiary/aromatic N) is 2. The lowest BCUT2D eigenvalue weighted by molar-refractivity contribution is -0.117. The zero-order valence-corrected chi connectivity index (χ0v) is 16.2. The Bertz CT molecular complexity index is 1110. The Hall–Kier alpha value is -4.01. The Balaban J connectivity index is 1.80. The Morgan fingerprint density at radius 1 is 1.03 bits per heavy atom. The van der Waals surface area contributed by atoms with Gasteiger partial charge in [-0.05, 0) is 31.2 Å². The minimum atomic E-state index is -0.528. The molecule has 9 heteroatoms. The van der Waals surface area contributed by atoms with Crippen LogP contribution in [-0.4, -0.2) is 34.0 Å². The monoisotopic (exact) mass is 409 g/mol. The molecule has 30 heavy (non-hydrogen) atoms. The Kier molecular flexibility index (Phi) is 6.21. The van der Waals surface area contributed by atoms with E-state index in [1.807, 2.05) is 0 Å². The van der Waals surface area contributed by atoms with E-state index in [9.17, 15) is 18.8 Å². The van der Waals surface area contributed by atoms with Crippen LogP contribution in [0.5, 0.6) is 0 Å². The van der Waals surface area contributed by atoms with Gasteiger partial charge in [-0.25, -0.2) is 9.07 Å². The molecule has 0 atom stereocenters. The van der Waals surface area contributed by atoms with Crippen LogP contribution in [0, 0.1) is 12.7 Å². The number of amides is 3. The first-order chi connectivity index (χ1) is 14.4. The summed E-state index contributed by atoms with van der Waals surface area (Å²) in [7, 11) is 0. The molecule has 8 nitrogen and oxygen atoms in total. The van der Waals surface area contributed by atoms with Crippen molar-refractivity contribution in [2.75, 3.05) is 11.9 Å². The molecule has 0 bridgehead atoms. The summed E-state index contributed by atoms with van der Waals surface area (Å²) in [6.07, 6.45) is 1.35. The lowest BCUT2D eigenvalue weighted by Gasteiger charge is -2.11. The highest BCUT2D eigenvalue weighted by Crippen LogP contribution is 2.20. The lowest BCUT2D eigenvalue weighted by Crippen LogP contribution is -2.28. The maximum atomic E-state index is 14.1. The first kappa shape index (κ1) is 20.7. The third-order valence-corrected chi connectivity index (χ3v) is 4.41. The summed E-state index contributed by atoms with van der Waals surface area (Å²) in [5.74, 6) is -1.94. The van der Waals surface area contributed by atoms with Crippen molar-refractivity contribution in [3.63, 3.8) is 0 Å². The number of carbonyl (C=O) groups excluding carboxylic acids is 3. The number of rotatable bonds is 7. The van der Waals surface area contributed by atoms with Crippen molar-refractivity contribution in [2.24, 2.45) is 5.73 Å². The molecule has 0 radical (unpaired) electrons. The molecule has 0 unspecified atom stereocenters. The smallest absolute Gasteiger partial charge is 0.259 e. The molecule has 0 fully saturated rings. The van der Waals surface area contributed by atoms with Crippen LogP contribution in [0.15, 0.2) is 54.7 Å². The molecular weight excluding hydrogens is 389 g/mol. The maximum absolute atomic E-state index is 14.1. The number of para-hydroxylation sites is 2. The van der Waals surface area contributed by atoms with Crippen molar-refractivity contribution >= 4 is 23.4 Å². The number of primary amides is 1. The predicted octanol–water partition coefficient (Wildman–Crippen LogP) is 2.18. The van der Waals surface area contributed by atoms with Crippen LogP contribution >= 0.6 is 0 Å². The van der Waals surface area contributed by atoms with Gasteiger partial charge >= 0.3 is 0 Å². The summed E-state index contributed by atoms with van der Waals surface area (Å²) < 4.78 is 15.4. The van der Waals surface area contributed by atoms with Gasteiger partial charge in [0.1, 0.15) is 11.5 Å². The van der Waals surface area contributed by atoms with Crippen LogP contribution in [-0.2, 0) is 4.79 Å². The minimum Gasteiger partial charge on any atom is -0.370 e. The molecule has 3 aromatic rings. The Morgan fingerprint density at radius 3 is 2.47 bits per heavy atom. The van der Waals surface area contributed by atoms with E-state index in [1.165, 1.54) is 16.9 Å². The molecule has 0 spiro atoms. The summed E-state index contributed by atoms with van der Waals surface area (Å²) in [4.78, 5) is 36.0. The van der Waals surface area contributed by atoms with Crippen molar-refractivity contribution in [1.82, 2.24) is 15.1 Å². The molecule has 0 aliphatic rings. The first-order valence-electron chi connectivity index (χ1n) is 9.15. The topological polar surface area (TPSA) is 119 Å². The van der Waals surface area contributed by atoms with Crippen LogP contribution < -0.4 is 16.4 Å². The van der Waals surface area contributed by atoms with E-state index in [4.69, 9.17) is 5.73 Å². The van der Waals surface area contributed by atoms with Gasteiger partial charge in [0.15, 0.2) is 0 Å². The molecule has 2 aromatic carbocycles. The molecule has 154 valence electrons. The number of benzene rings is 2. The molecule has 1 aromatic heterocycles.